The van der Waals surface area contributed by atoms with Crippen LogP contribution in [0.3, 0.4) is 0 Å². The molecule has 0 fully saturated rings. The molecule has 4 heteroatoms. The van der Waals surface area contributed by atoms with E-state index in [0.29, 0.717) is 9.64 Å². The van der Waals surface area contributed by atoms with Crippen molar-refractivity contribution in [3.05, 3.63) is 35.5 Å². The van der Waals surface area contributed by atoms with E-state index >= 15 is 0 Å². The average Bonchev–Trinajstić information content (AvgIpc) is 2.23. The third-order valence-electron chi connectivity index (χ3n) is 1.89. The number of rotatable bonds is 2. The van der Waals surface area contributed by atoms with Crippen LogP contribution < -0.4 is 4.74 Å². The predicted molar refractivity (Wildman–Crippen MR) is 66.3 cm³/mol. The molecule has 1 aromatic carbocycles. The molecule has 0 bridgehead atoms. The Morgan fingerprint density at radius 2 is 2.21 bits per heavy atom. The van der Waals surface area contributed by atoms with Gasteiger partial charge >= 0.3 is 0 Å². The number of nitrogens with zero attached hydrogens (tertiary/aromatic N) is 1. The van der Waals surface area contributed by atoms with Crippen molar-refractivity contribution in [2.75, 3.05) is 4.61 Å². The van der Waals surface area contributed by atoms with Gasteiger partial charge < -0.3 is 4.74 Å². The minimum Gasteiger partial charge on any atom is -0.481 e. The summed E-state index contributed by atoms with van der Waals surface area (Å²) in [5.74, 6) is 0.777. The molecule has 2 nitrogen and oxygen atoms in total. The van der Waals surface area contributed by atoms with E-state index in [4.69, 9.17) is 16.3 Å². The third kappa shape index (κ3) is 1.79. The van der Waals surface area contributed by atoms with E-state index in [1.165, 1.54) is 0 Å². The van der Waals surface area contributed by atoms with E-state index in [1.807, 2.05) is 24.3 Å². The molecule has 14 heavy (non-hydrogen) atoms. The maximum Gasteiger partial charge on any atom is 0.146 e. The molecule has 1 heterocycles. The average molecular weight is 320 g/mol. The summed E-state index contributed by atoms with van der Waals surface area (Å²) in [7, 11) is 0. The van der Waals surface area contributed by atoms with Crippen LogP contribution in [0.1, 0.15) is 0 Å². The Kier molecular flexibility index (Phi) is 3.08. The lowest BCUT2D eigenvalue weighted by Gasteiger charge is -2.06. The number of alkyl halides is 1. The number of hydrogen-bond acceptors (Lipinski definition) is 2. The minimum absolute atomic E-state index is 0.602. The molecule has 0 aliphatic heterocycles. The molecule has 0 spiro atoms. The highest BCUT2D eigenvalue weighted by Gasteiger charge is 2.05. The summed E-state index contributed by atoms with van der Waals surface area (Å²) in [6.07, 6.45) is 1.73. The smallest absolute Gasteiger partial charge is 0.146 e. The molecule has 0 amide bonds. The van der Waals surface area contributed by atoms with Gasteiger partial charge in [-0.15, -0.1) is 0 Å². The van der Waals surface area contributed by atoms with Gasteiger partial charge in [0.1, 0.15) is 15.9 Å². The van der Waals surface area contributed by atoms with Crippen molar-refractivity contribution in [2.24, 2.45) is 0 Å². The topological polar surface area (TPSA) is 22.1 Å². The van der Waals surface area contributed by atoms with E-state index in [9.17, 15) is 0 Å². The minimum atomic E-state index is 0.602. The summed E-state index contributed by atoms with van der Waals surface area (Å²) in [6, 6.07) is 7.47. The van der Waals surface area contributed by atoms with Crippen LogP contribution in [0.25, 0.3) is 10.9 Å². The number of benzene rings is 1. The van der Waals surface area contributed by atoms with Crippen molar-refractivity contribution in [1.29, 1.82) is 0 Å². The fourth-order valence-corrected chi connectivity index (χ4v) is 1.84. The van der Waals surface area contributed by atoms with Gasteiger partial charge in [-0.3, -0.25) is 4.98 Å². The Morgan fingerprint density at radius 3 is 3.00 bits per heavy atom. The standard InChI is InChI=1S/C10H7ClINO/c11-8-3-4-9(14-6-12)10-7(8)2-1-5-13-10/h1-5H,6H2. The molecule has 0 N–H and O–H groups in total. The summed E-state index contributed by atoms with van der Waals surface area (Å²) in [4.78, 5) is 4.25. The predicted octanol–water partition coefficient (Wildman–Crippen LogP) is 3.66. The number of hydrogen-bond donors (Lipinski definition) is 0. The molecule has 0 atom stereocenters. The molecule has 2 rings (SSSR count). The maximum absolute atomic E-state index is 6.03. The van der Waals surface area contributed by atoms with Gasteiger partial charge in [0.2, 0.25) is 0 Å². The van der Waals surface area contributed by atoms with Gasteiger partial charge in [0.05, 0.1) is 5.02 Å². The molecule has 0 unspecified atom stereocenters. The van der Waals surface area contributed by atoms with Gasteiger partial charge in [-0.05, 0) is 46.9 Å². The summed E-state index contributed by atoms with van der Waals surface area (Å²) >= 11 is 8.18. The lowest BCUT2D eigenvalue weighted by atomic mass is 10.2. The van der Waals surface area contributed by atoms with Crippen LogP contribution in [0.4, 0.5) is 0 Å². The number of ether oxygens (including phenoxy) is 1. The number of fused-ring (bicyclic) bond motifs is 1. The van der Waals surface area contributed by atoms with Crippen LogP contribution in [-0.2, 0) is 0 Å². The molecule has 0 radical (unpaired) electrons. The third-order valence-corrected chi connectivity index (χ3v) is 2.53. The molecule has 0 aliphatic carbocycles. The summed E-state index contributed by atoms with van der Waals surface area (Å²) in [5, 5.41) is 1.63. The summed E-state index contributed by atoms with van der Waals surface area (Å²) in [5.41, 5.74) is 0.816. The van der Waals surface area contributed by atoms with Crippen molar-refractivity contribution < 1.29 is 4.74 Å². The van der Waals surface area contributed by atoms with E-state index in [-0.39, 0.29) is 0 Å². The Morgan fingerprint density at radius 1 is 1.36 bits per heavy atom. The highest BCUT2D eigenvalue weighted by atomic mass is 127. The van der Waals surface area contributed by atoms with Gasteiger partial charge in [-0.1, -0.05) is 11.6 Å². The van der Waals surface area contributed by atoms with Crippen molar-refractivity contribution >= 4 is 45.1 Å². The second-order valence-corrected chi connectivity index (χ2v) is 3.73. The number of pyridine rings is 1. The van der Waals surface area contributed by atoms with Crippen LogP contribution in [-0.4, -0.2) is 9.60 Å². The van der Waals surface area contributed by atoms with Crippen molar-refractivity contribution in [3.8, 4) is 5.75 Å². The zero-order chi connectivity index (χ0) is 9.97. The molecular formula is C10H7ClINO. The summed E-state index contributed by atoms with van der Waals surface area (Å²) < 4.78 is 6.04. The first-order valence-electron chi connectivity index (χ1n) is 4.05. The van der Waals surface area contributed by atoms with Gasteiger partial charge in [0.25, 0.3) is 0 Å². The van der Waals surface area contributed by atoms with E-state index in [2.05, 4.69) is 27.6 Å². The molecule has 0 aliphatic rings. The van der Waals surface area contributed by atoms with Crippen LogP contribution in [0, 0.1) is 0 Å². The Hall–Kier alpha value is -0.550. The molecule has 2 aromatic rings. The first kappa shape index (κ1) is 9.98. The van der Waals surface area contributed by atoms with Gasteiger partial charge in [-0.25, -0.2) is 0 Å². The SMILES string of the molecule is Clc1ccc(OCI)c2ncccc12. The van der Waals surface area contributed by atoms with E-state index < -0.39 is 0 Å². The van der Waals surface area contributed by atoms with E-state index in [1.54, 1.807) is 6.20 Å². The Labute approximate surface area is 100 Å². The van der Waals surface area contributed by atoms with Gasteiger partial charge in [-0.2, -0.15) is 0 Å². The lowest BCUT2D eigenvalue weighted by Crippen LogP contribution is -1.91. The van der Waals surface area contributed by atoms with Crippen molar-refractivity contribution in [1.82, 2.24) is 4.98 Å². The Balaban J connectivity index is 2.68. The first-order chi connectivity index (χ1) is 6.83. The first-order valence-corrected chi connectivity index (χ1v) is 5.95. The molecule has 1 aromatic heterocycles. The van der Waals surface area contributed by atoms with Crippen LogP contribution in [0.5, 0.6) is 5.75 Å². The highest BCUT2D eigenvalue weighted by molar-refractivity contribution is 14.1. The van der Waals surface area contributed by atoms with Crippen molar-refractivity contribution in [2.45, 2.75) is 0 Å². The van der Waals surface area contributed by atoms with E-state index in [0.717, 1.165) is 16.7 Å². The largest absolute Gasteiger partial charge is 0.481 e. The van der Waals surface area contributed by atoms with Crippen molar-refractivity contribution in [3.63, 3.8) is 0 Å². The fourth-order valence-electron chi connectivity index (χ4n) is 1.29. The second kappa shape index (κ2) is 4.31. The Bertz CT molecular complexity index is 461. The monoisotopic (exact) mass is 319 g/mol. The zero-order valence-corrected chi connectivity index (χ0v) is 10.1. The van der Waals surface area contributed by atoms with Gasteiger partial charge in [0.15, 0.2) is 0 Å². The highest BCUT2D eigenvalue weighted by Crippen LogP contribution is 2.29. The lowest BCUT2D eigenvalue weighted by molar-refractivity contribution is 0.408. The zero-order valence-electron chi connectivity index (χ0n) is 7.21. The van der Waals surface area contributed by atoms with Crippen LogP contribution >= 0.6 is 34.2 Å². The van der Waals surface area contributed by atoms with Gasteiger partial charge in [0, 0.05) is 11.6 Å². The summed E-state index contributed by atoms with van der Waals surface area (Å²) in [6.45, 7) is 0. The second-order valence-electron chi connectivity index (χ2n) is 2.70. The molecule has 0 saturated heterocycles. The molecule has 0 saturated carbocycles. The quantitative estimate of drug-likeness (QED) is 0.622. The number of halogens is 2. The number of aromatic nitrogens is 1. The normalized spacial score (nSPS) is 10.4. The van der Waals surface area contributed by atoms with Crippen LogP contribution in [0.2, 0.25) is 5.02 Å². The molecular weight excluding hydrogens is 312 g/mol. The maximum atomic E-state index is 6.03. The fraction of sp³-hybridized carbons (Fsp3) is 0.100. The van der Waals surface area contributed by atoms with Crippen LogP contribution in [0.15, 0.2) is 30.5 Å². The molecule has 72 valence electrons.